The van der Waals surface area contributed by atoms with Gasteiger partial charge in [0.15, 0.2) is 0 Å². The Bertz CT molecular complexity index is 1110. The number of thiocarbonyl (C=S) groups is 1. The Morgan fingerprint density at radius 2 is 1.65 bits per heavy atom. The summed E-state index contributed by atoms with van der Waals surface area (Å²) in [5.74, 6) is 0.972. The van der Waals surface area contributed by atoms with E-state index in [0.717, 1.165) is 33.6 Å². The zero-order chi connectivity index (χ0) is 22.0. The van der Waals surface area contributed by atoms with Crippen LogP contribution in [0.3, 0.4) is 0 Å². The van der Waals surface area contributed by atoms with Crippen LogP contribution in [0, 0.1) is 20.8 Å². The van der Waals surface area contributed by atoms with Crippen molar-refractivity contribution in [3.8, 4) is 5.75 Å². The van der Waals surface area contributed by atoms with Gasteiger partial charge in [-0.15, -0.1) is 0 Å². The molecule has 2 unspecified atom stereocenters. The predicted molar refractivity (Wildman–Crippen MR) is 132 cm³/mol. The Hall–Kier alpha value is -2.63. The molecule has 0 fully saturated rings. The highest BCUT2D eigenvalue weighted by Crippen LogP contribution is 2.43. The van der Waals surface area contributed by atoms with Crippen LogP contribution >= 0.6 is 24.0 Å². The Balaban J connectivity index is 1.67. The van der Waals surface area contributed by atoms with Crippen molar-refractivity contribution in [2.75, 3.05) is 0 Å². The Labute approximate surface area is 193 Å². The molecule has 1 heterocycles. The predicted octanol–water partition coefficient (Wildman–Crippen LogP) is 5.84. The molecule has 158 valence electrons. The maximum Gasteiger partial charge on any atom is 0.335 e. The first-order chi connectivity index (χ1) is 15.0. The second-order valence-corrected chi connectivity index (χ2v) is 9.52. The second-order valence-electron chi connectivity index (χ2n) is 7.87. The molecule has 3 nitrogen and oxygen atoms in total. The molecule has 0 saturated heterocycles. The molecule has 5 heteroatoms. The van der Waals surface area contributed by atoms with E-state index in [-0.39, 0.29) is 11.9 Å². The number of carbonyl (C=O) groups is 1. The third-order valence-corrected chi connectivity index (χ3v) is 7.11. The Kier molecular flexibility index (Phi) is 6.44. The van der Waals surface area contributed by atoms with Gasteiger partial charge in [0, 0.05) is 17.2 Å². The lowest BCUT2D eigenvalue weighted by atomic mass is 9.79. The molecule has 3 aromatic carbocycles. The van der Waals surface area contributed by atoms with Gasteiger partial charge in [0.1, 0.15) is 16.1 Å². The average Bonchev–Trinajstić information content (AvgIpc) is 2.78. The Morgan fingerprint density at radius 1 is 1.00 bits per heavy atom. The third kappa shape index (κ3) is 4.53. The molecule has 0 aliphatic carbocycles. The van der Waals surface area contributed by atoms with Crippen LogP contribution in [-0.2, 0) is 10.5 Å². The van der Waals surface area contributed by atoms with E-state index in [9.17, 15) is 4.79 Å². The molecule has 2 atom stereocenters. The summed E-state index contributed by atoms with van der Waals surface area (Å²) in [4.78, 5) is 13.2. The summed E-state index contributed by atoms with van der Waals surface area (Å²) in [6, 6.07) is 21.9. The average molecular weight is 448 g/mol. The minimum absolute atomic E-state index is 0.174. The van der Waals surface area contributed by atoms with Crippen molar-refractivity contribution < 1.29 is 9.53 Å². The summed E-state index contributed by atoms with van der Waals surface area (Å²) in [5.41, 5.74) is 6.57. The van der Waals surface area contributed by atoms with E-state index in [2.05, 4.69) is 42.6 Å². The van der Waals surface area contributed by atoms with Crippen molar-refractivity contribution in [3.63, 3.8) is 0 Å². The third-order valence-electron chi connectivity index (χ3n) is 5.78. The van der Waals surface area contributed by atoms with Crippen LogP contribution < -0.4 is 10.1 Å². The summed E-state index contributed by atoms with van der Waals surface area (Å²) < 4.78 is 6.48. The van der Waals surface area contributed by atoms with Crippen LogP contribution in [0.15, 0.2) is 66.7 Å². The van der Waals surface area contributed by atoms with Gasteiger partial charge < -0.3 is 10.1 Å². The number of thioether (sulfide) groups is 1. The number of aryl methyl sites for hydroxylation is 2. The summed E-state index contributed by atoms with van der Waals surface area (Å²) in [6.45, 7) is 6.14. The first kappa shape index (κ1) is 21.6. The van der Waals surface area contributed by atoms with E-state index in [0.29, 0.717) is 10.1 Å². The Morgan fingerprint density at radius 3 is 2.32 bits per heavy atom. The zero-order valence-electron chi connectivity index (χ0n) is 17.8. The second kappa shape index (κ2) is 9.25. The minimum Gasteiger partial charge on any atom is -0.424 e. The number of carbonyl (C=O) groups excluding carboxylic acids is 1. The number of rotatable bonds is 4. The molecule has 0 amide bonds. The van der Waals surface area contributed by atoms with Gasteiger partial charge in [-0.25, -0.2) is 4.79 Å². The van der Waals surface area contributed by atoms with Crippen LogP contribution in [0.4, 0.5) is 0 Å². The van der Waals surface area contributed by atoms with Crippen LogP contribution in [0.1, 0.15) is 39.3 Å². The molecular weight excluding hydrogens is 422 g/mol. The van der Waals surface area contributed by atoms with E-state index in [4.69, 9.17) is 17.0 Å². The van der Waals surface area contributed by atoms with E-state index in [1.165, 1.54) is 17.3 Å². The summed E-state index contributed by atoms with van der Waals surface area (Å²) in [5, 5.41) is 3.31. The van der Waals surface area contributed by atoms with Crippen LogP contribution in [-0.4, -0.2) is 16.3 Å². The number of hydrogen-bond donors (Lipinski definition) is 1. The van der Waals surface area contributed by atoms with Crippen molar-refractivity contribution in [1.82, 2.24) is 5.32 Å². The highest BCUT2D eigenvalue weighted by molar-refractivity contribution is 8.22. The lowest BCUT2D eigenvalue weighted by Crippen LogP contribution is -2.49. The van der Waals surface area contributed by atoms with Crippen molar-refractivity contribution in [1.29, 1.82) is 0 Å². The molecule has 0 radical (unpaired) electrons. The quantitative estimate of drug-likeness (QED) is 0.309. The number of esters is 1. The van der Waals surface area contributed by atoms with Crippen LogP contribution in [0.5, 0.6) is 5.75 Å². The van der Waals surface area contributed by atoms with Crippen molar-refractivity contribution >= 4 is 34.3 Å². The maximum atomic E-state index is 13.2. The highest BCUT2D eigenvalue weighted by Gasteiger charge is 2.41. The number of benzene rings is 3. The fraction of sp³-hybridized carbons (Fsp3) is 0.231. The first-order valence-electron chi connectivity index (χ1n) is 10.3. The fourth-order valence-electron chi connectivity index (χ4n) is 4.11. The summed E-state index contributed by atoms with van der Waals surface area (Å²) in [7, 11) is 0. The van der Waals surface area contributed by atoms with Gasteiger partial charge in [0.2, 0.25) is 0 Å². The lowest BCUT2D eigenvalue weighted by molar-refractivity contribution is -0.137. The fourth-order valence-corrected chi connectivity index (χ4v) is 5.11. The molecule has 3 aromatic rings. The van der Waals surface area contributed by atoms with Crippen molar-refractivity contribution in [2.24, 2.45) is 0 Å². The molecule has 1 N–H and O–H groups in total. The van der Waals surface area contributed by atoms with Crippen molar-refractivity contribution in [2.45, 2.75) is 38.5 Å². The smallest absolute Gasteiger partial charge is 0.335 e. The lowest BCUT2D eigenvalue weighted by Gasteiger charge is -2.35. The molecule has 0 bridgehead atoms. The molecule has 1 aliphatic heterocycles. The monoisotopic (exact) mass is 447 g/mol. The van der Waals surface area contributed by atoms with Crippen molar-refractivity contribution in [3.05, 3.63) is 100 Å². The van der Waals surface area contributed by atoms with Gasteiger partial charge in [-0.3, -0.25) is 0 Å². The van der Waals surface area contributed by atoms with E-state index in [1.807, 2.05) is 50.2 Å². The molecule has 1 aliphatic rings. The number of fused-ring (bicyclic) bond motifs is 1. The summed E-state index contributed by atoms with van der Waals surface area (Å²) in [6.07, 6.45) is 0. The normalized spacial score (nSPS) is 17.6. The van der Waals surface area contributed by atoms with Gasteiger partial charge in [0.05, 0.1) is 0 Å². The SMILES string of the molecule is Cc1cc(C)c2c(c1C)OC(=O)C(NC(=S)SCc1ccccc1)C2c1ccccc1. The topological polar surface area (TPSA) is 38.3 Å². The molecule has 0 spiro atoms. The largest absolute Gasteiger partial charge is 0.424 e. The van der Waals surface area contributed by atoms with Gasteiger partial charge in [-0.2, -0.15) is 0 Å². The first-order valence-corrected chi connectivity index (χ1v) is 11.7. The number of hydrogen-bond acceptors (Lipinski definition) is 4. The molecule has 0 aromatic heterocycles. The van der Waals surface area contributed by atoms with E-state index >= 15 is 0 Å². The molecular formula is C26H25NO2S2. The highest BCUT2D eigenvalue weighted by atomic mass is 32.2. The standard InChI is InChI=1S/C26H25NO2S2/c1-16-14-17(2)21-22(20-12-8-5-9-13-20)23(25(28)29-24(21)18(16)3)27-26(30)31-15-19-10-6-4-7-11-19/h4-14,22-23H,15H2,1-3H3,(H,27,30). The molecule has 0 saturated carbocycles. The number of nitrogens with one attached hydrogen (secondary N) is 1. The van der Waals surface area contributed by atoms with E-state index in [1.54, 1.807) is 0 Å². The maximum absolute atomic E-state index is 13.2. The van der Waals surface area contributed by atoms with Gasteiger partial charge in [-0.1, -0.05) is 90.7 Å². The number of ether oxygens (including phenoxy) is 1. The molecule has 31 heavy (non-hydrogen) atoms. The van der Waals surface area contributed by atoms with Gasteiger partial charge in [0.25, 0.3) is 0 Å². The zero-order valence-corrected chi connectivity index (χ0v) is 19.5. The van der Waals surface area contributed by atoms with Crippen LogP contribution in [0.2, 0.25) is 0 Å². The summed E-state index contributed by atoms with van der Waals surface area (Å²) >= 11 is 7.14. The van der Waals surface area contributed by atoms with Gasteiger partial charge in [-0.05, 0) is 48.6 Å². The molecule has 4 rings (SSSR count). The van der Waals surface area contributed by atoms with Crippen LogP contribution in [0.25, 0.3) is 0 Å². The van der Waals surface area contributed by atoms with Gasteiger partial charge >= 0.3 is 5.97 Å². The minimum atomic E-state index is -0.577. The van der Waals surface area contributed by atoms with E-state index < -0.39 is 6.04 Å².